The number of amides is 1. The average Bonchev–Trinajstić information content (AvgIpc) is 3.49. The van der Waals surface area contributed by atoms with Gasteiger partial charge >= 0.3 is 0 Å². The number of nitrogens with one attached hydrogen (secondary N) is 1. The number of fused-ring (bicyclic) bond motifs is 1. The fourth-order valence-electron chi connectivity index (χ4n) is 3.79. The summed E-state index contributed by atoms with van der Waals surface area (Å²) >= 11 is 3.03. The van der Waals surface area contributed by atoms with E-state index < -0.39 is 5.54 Å². The lowest BCUT2D eigenvalue weighted by Gasteiger charge is -2.44. The minimum Gasteiger partial charge on any atom is -0.476 e. The van der Waals surface area contributed by atoms with Crippen molar-refractivity contribution in [2.75, 3.05) is 24.3 Å². The highest BCUT2D eigenvalue weighted by molar-refractivity contribution is 8.13. The van der Waals surface area contributed by atoms with Gasteiger partial charge in [0.05, 0.1) is 31.7 Å². The number of amidine groups is 1. The first kappa shape index (κ1) is 20.7. The quantitative estimate of drug-likeness (QED) is 0.674. The fourth-order valence-corrected chi connectivity index (χ4v) is 5.76. The van der Waals surface area contributed by atoms with Crippen molar-refractivity contribution in [2.24, 2.45) is 22.6 Å². The molecule has 1 aliphatic carbocycles. The van der Waals surface area contributed by atoms with Gasteiger partial charge in [-0.05, 0) is 32.1 Å². The summed E-state index contributed by atoms with van der Waals surface area (Å²) in [7, 11) is 0. The molecular formula is C20H24N6O3S2. The van der Waals surface area contributed by atoms with Gasteiger partial charge in [-0.3, -0.25) is 4.79 Å². The van der Waals surface area contributed by atoms with E-state index in [1.807, 2.05) is 5.38 Å². The first-order chi connectivity index (χ1) is 15.0. The van der Waals surface area contributed by atoms with Gasteiger partial charge in [0.2, 0.25) is 5.88 Å². The minimum atomic E-state index is -0.587. The molecule has 2 aromatic rings. The van der Waals surface area contributed by atoms with E-state index >= 15 is 0 Å². The highest BCUT2D eigenvalue weighted by Gasteiger charge is 2.49. The summed E-state index contributed by atoms with van der Waals surface area (Å²) in [5.74, 6) is 2.32. The van der Waals surface area contributed by atoms with Crippen LogP contribution in [0.25, 0.3) is 0 Å². The van der Waals surface area contributed by atoms with Gasteiger partial charge in [0.1, 0.15) is 22.1 Å². The van der Waals surface area contributed by atoms with Crippen LogP contribution in [-0.4, -0.2) is 51.1 Å². The third-order valence-electron chi connectivity index (χ3n) is 5.76. The molecule has 0 unspecified atom stereocenters. The SMILES string of the molecule is C[C@H]1C[C@H]2CSC(N)=N[C@@]2(c2nc(NC(=O)c3cnc(OCC4CC4)cn3)cs2)CO1. The average molecular weight is 461 g/mol. The lowest BCUT2D eigenvalue weighted by molar-refractivity contribution is -0.0466. The zero-order valence-corrected chi connectivity index (χ0v) is 18.7. The maximum Gasteiger partial charge on any atom is 0.277 e. The van der Waals surface area contributed by atoms with Crippen molar-refractivity contribution in [1.82, 2.24) is 15.0 Å². The predicted octanol–water partition coefficient (Wildman–Crippen LogP) is 2.66. The van der Waals surface area contributed by atoms with Gasteiger partial charge < -0.3 is 20.5 Å². The lowest BCUT2D eigenvalue weighted by atomic mass is 9.80. The monoisotopic (exact) mass is 460 g/mol. The molecule has 1 saturated heterocycles. The molecule has 3 atom stereocenters. The molecule has 1 saturated carbocycles. The Hall–Kier alpha value is -2.24. The summed E-state index contributed by atoms with van der Waals surface area (Å²) in [6, 6.07) is 0. The van der Waals surface area contributed by atoms with Crippen LogP contribution in [0.3, 0.4) is 0 Å². The molecule has 9 nitrogen and oxygen atoms in total. The summed E-state index contributed by atoms with van der Waals surface area (Å²) in [4.78, 5) is 30.4. The number of rotatable bonds is 6. The Balaban J connectivity index is 1.28. The second-order valence-electron chi connectivity index (χ2n) is 8.23. The molecule has 1 amide bonds. The number of thioether (sulfide) groups is 1. The van der Waals surface area contributed by atoms with E-state index in [1.54, 1.807) is 11.8 Å². The number of carbonyl (C=O) groups is 1. The van der Waals surface area contributed by atoms with Gasteiger partial charge in [0.15, 0.2) is 5.17 Å². The second kappa shape index (κ2) is 8.36. The van der Waals surface area contributed by atoms with Crippen LogP contribution in [0.5, 0.6) is 5.88 Å². The van der Waals surface area contributed by atoms with Crippen molar-refractivity contribution in [3.63, 3.8) is 0 Å². The fraction of sp³-hybridized carbons (Fsp3) is 0.550. The van der Waals surface area contributed by atoms with Crippen LogP contribution < -0.4 is 15.8 Å². The summed E-state index contributed by atoms with van der Waals surface area (Å²) in [6.45, 7) is 3.17. The second-order valence-corrected chi connectivity index (χ2v) is 10.1. The molecular weight excluding hydrogens is 436 g/mol. The van der Waals surface area contributed by atoms with E-state index in [0.717, 1.165) is 17.2 Å². The number of aliphatic imine (C=N–C) groups is 1. The van der Waals surface area contributed by atoms with Gasteiger partial charge in [-0.25, -0.2) is 19.9 Å². The molecule has 0 radical (unpaired) electrons. The molecule has 0 aromatic carbocycles. The zero-order chi connectivity index (χ0) is 21.4. The third-order valence-corrected chi connectivity index (χ3v) is 7.73. The number of ether oxygens (including phenoxy) is 2. The molecule has 31 heavy (non-hydrogen) atoms. The number of hydrogen-bond acceptors (Lipinski definition) is 10. The number of nitrogens with two attached hydrogens (primary N) is 1. The highest BCUT2D eigenvalue weighted by atomic mass is 32.2. The molecule has 2 aliphatic heterocycles. The largest absolute Gasteiger partial charge is 0.476 e. The van der Waals surface area contributed by atoms with E-state index in [4.69, 9.17) is 20.2 Å². The molecule has 2 fully saturated rings. The first-order valence-corrected chi connectivity index (χ1v) is 12.2. The smallest absolute Gasteiger partial charge is 0.277 e. The van der Waals surface area contributed by atoms with Crippen molar-refractivity contribution in [2.45, 2.75) is 37.8 Å². The molecule has 3 aliphatic rings. The van der Waals surface area contributed by atoms with Gasteiger partial charge in [-0.2, -0.15) is 0 Å². The molecule has 0 bridgehead atoms. The topological polar surface area (TPSA) is 125 Å². The zero-order valence-electron chi connectivity index (χ0n) is 17.1. The first-order valence-electron chi connectivity index (χ1n) is 10.3. The van der Waals surface area contributed by atoms with Gasteiger partial charge in [-0.1, -0.05) is 11.8 Å². The van der Waals surface area contributed by atoms with Crippen molar-refractivity contribution >= 4 is 40.0 Å². The molecule has 164 valence electrons. The molecule has 2 aromatic heterocycles. The number of nitrogens with zero attached hydrogens (tertiary/aromatic N) is 4. The number of carbonyl (C=O) groups excluding carboxylic acids is 1. The maximum absolute atomic E-state index is 12.6. The summed E-state index contributed by atoms with van der Waals surface area (Å²) < 4.78 is 11.5. The minimum absolute atomic E-state index is 0.183. The van der Waals surface area contributed by atoms with Crippen LogP contribution in [0.1, 0.15) is 41.7 Å². The van der Waals surface area contributed by atoms with E-state index in [-0.39, 0.29) is 23.6 Å². The number of hydrogen-bond donors (Lipinski definition) is 2. The van der Waals surface area contributed by atoms with Crippen LogP contribution in [0.15, 0.2) is 22.8 Å². The van der Waals surface area contributed by atoms with Crippen molar-refractivity contribution in [3.05, 3.63) is 28.5 Å². The summed E-state index contributed by atoms with van der Waals surface area (Å²) in [6.07, 6.45) is 6.38. The van der Waals surface area contributed by atoms with E-state index in [1.165, 1.54) is 36.6 Å². The standard InChI is InChI=1S/C20H24N6O3S2/c1-11-4-13-8-31-19(21)26-20(13,10-29-11)18-25-15(9-30-18)24-17(27)14-5-23-16(6-22-14)28-7-12-2-3-12/h5-6,9,11-13H,2-4,7-8,10H2,1H3,(H2,21,26)(H,24,27)/t11-,13-,20-/m0/s1. The van der Waals surface area contributed by atoms with Crippen LogP contribution in [-0.2, 0) is 10.3 Å². The van der Waals surface area contributed by atoms with Gasteiger partial charge in [0.25, 0.3) is 5.91 Å². The normalized spacial score (nSPS) is 27.8. The number of aromatic nitrogens is 3. The maximum atomic E-state index is 12.6. The van der Waals surface area contributed by atoms with E-state index in [0.29, 0.717) is 36.0 Å². The Labute approximate surface area is 188 Å². The molecule has 0 spiro atoms. The summed E-state index contributed by atoms with van der Waals surface area (Å²) in [5, 5.41) is 5.97. The van der Waals surface area contributed by atoms with E-state index in [2.05, 4.69) is 27.2 Å². The van der Waals surface area contributed by atoms with Gasteiger partial charge in [-0.15, -0.1) is 11.3 Å². The van der Waals surface area contributed by atoms with Crippen molar-refractivity contribution in [1.29, 1.82) is 0 Å². The van der Waals surface area contributed by atoms with Crippen LogP contribution in [0.4, 0.5) is 5.82 Å². The highest BCUT2D eigenvalue weighted by Crippen LogP contribution is 2.47. The van der Waals surface area contributed by atoms with Crippen LogP contribution in [0, 0.1) is 11.8 Å². The molecule has 11 heteroatoms. The van der Waals surface area contributed by atoms with Crippen molar-refractivity contribution in [3.8, 4) is 5.88 Å². The van der Waals surface area contributed by atoms with Crippen LogP contribution in [0.2, 0.25) is 0 Å². The number of thiazole rings is 1. The molecule has 4 heterocycles. The Bertz CT molecular complexity index is 993. The molecule has 3 N–H and O–H groups in total. The van der Waals surface area contributed by atoms with Crippen molar-refractivity contribution < 1.29 is 14.3 Å². The summed E-state index contributed by atoms with van der Waals surface area (Å²) in [5.41, 5.74) is 5.67. The molecule has 5 rings (SSSR count). The third kappa shape index (κ3) is 4.39. The lowest BCUT2D eigenvalue weighted by Crippen LogP contribution is -2.49. The van der Waals surface area contributed by atoms with Crippen LogP contribution >= 0.6 is 23.1 Å². The number of anilines is 1. The van der Waals surface area contributed by atoms with E-state index in [9.17, 15) is 4.79 Å². The Morgan fingerprint density at radius 2 is 2.26 bits per heavy atom. The Kier molecular flexibility index (Phi) is 5.57. The predicted molar refractivity (Wildman–Crippen MR) is 120 cm³/mol. The Morgan fingerprint density at radius 3 is 3.03 bits per heavy atom. The van der Waals surface area contributed by atoms with Gasteiger partial charge in [0, 0.05) is 17.1 Å². The Morgan fingerprint density at radius 1 is 1.39 bits per heavy atom.